The van der Waals surface area contributed by atoms with Crippen LogP contribution in [0.5, 0.6) is 0 Å². The van der Waals surface area contributed by atoms with Crippen molar-refractivity contribution >= 4 is 0 Å². The second kappa shape index (κ2) is 6.13. The Morgan fingerprint density at radius 1 is 1.00 bits per heavy atom. The van der Waals surface area contributed by atoms with Gasteiger partial charge in [-0.1, -0.05) is 20.8 Å². The molecule has 112 valence electrons. The summed E-state index contributed by atoms with van der Waals surface area (Å²) in [6.07, 6.45) is 8.34. The molecule has 1 saturated heterocycles. The maximum atomic E-state index is 5.89. The van der Waals surface area contributed by atoms with E-state index in [2.05, 4.69) is 32.6 Å². The number of piperidine rings is 1. The minimum absolute atomic E-state index is 0.498. The van der Waals surface area contributed by atoms with Crippen LogP contribution < -0.4 is 5.73 Å². The summed E-state index contributed by atoms with van der Waals surface area (Å²) in [5.41, 5.74) is 6.39. The summed E-state index contributed by atoms with van der Waals surface area (Å²) in [6, 6.07) is 1.61. The summed E-state index contributed by atoms with van der Waals surface area (Å²) in [4.78, 5) is 2.79. The van der Waals surface area contributed by atoms with Gasteiger partial charge < -0.3 is 5.73 Å². The van der Waals surface area contributed by atoms with E-state index >= 15 is 0 Å². The van der Waals surface area contributed by atoms with Gasteiger partial charge in [0.25, 0.3) is 0 Å². The Morgan fingerprint density at radius 3 is 2.16 bits per heavy atom. The highest BCUT2D eigenvalue weighted by molar-refractivity contribution is 4.89. The highest BCUT2D eigenvalue weighted by Crippen LogP contribution is 2.40. The van der Waals surface area contributed by atoms with Gasteiger partial charge in [-0.3, -0.25) is 4.90 Å². The van der Waals surface area contributed by atoms with Crippen molar-refractivity contribution in [1.82, 2.24) is 4.90 Å². The zero-order valence-corrected chi connectivity index (χ0v) is 13.5. The Labute approximate surface area is 120 Å². The van der Waals surface area contributed by atoms with Gasteiger partial charge in [0.15, 0.2) is 0 Å². The lowest BCUT2D eigenvalue weighted by atomic mass is 9.71. The molecule has 19 heavy (non-hydrogen) atoms. The molecule has 2 rings (SSSR count). The molecule has 2 aliphatic rings. The molecule has 2 nitrogen and oxygen atoms in total. The highest BCUT2D eigenvalue weighted by Gasteiger charge is 2.35. The van der Waals surface area contributed by atoms with E-state index in [0.717, 1.165) is 30.5 Å². The van der Waals surface area contributed by atoms with Crippen LogP contribution in [-0.4, -0.2) is 30.1 Å². The van der Waals surface area contributed by atoms with Gasteiger partial charge >= 0.3 is 0 Å². The van der Waals surface area contributed by atoms with Crippen LogP contribution in [0.1, 0.15) is 66.2 Å². The van der Waals surface area contributed by atoms with E-state index in [1.54, 1.807) is 0 Å². The van der Waals surface area contributed by atoms with Gasteiger partial charge in [0.2, 0.25) is 0 Å². The number of nitrogens with two attached hydrogens (primary N) is 1. The summed E-state index contributed by atoms with van der Waals surface area (Å²) in [5, 5.41) is 0. The van der Waals surface area contributed by atoms with Crippen LogP contribution in [0.25, 0.3) is 0 Å². The second-order valence-corrected chi connectivity index (χ2v) is 8.10. The van der Waals surface area contributed by atoms with Crippen LogP contribution in [0.2, 0.25) is 0 Å². The quantitative estimate of drug-likeness (QED) is 0.826. The Balaban J connectivity index is 1.89. The molecule has 1 aliphatic carbocycles. The molecule has 2 N–H and O–H groups in total. The second-order valence-electron chi connectivity index (χ2n) is 8.10. The first-order valence-electron chi connectivity index (χ1n) is 8.37. The standard InChI is InChI=1S/C17H34N2/c1-13-5-6-14(11-18)12-19(13)16-9-7-15(8-10-16)17(2,3)4/h13-16H,5-12,18H2,1-4H3. The van der Waals surface area contributed by atoms with Crippen LogP contribution in [0.4, 0.5) is 0 Å². The van der Waals surface area contributed by atoms with Crippen molar-refractivity contribution in [2.24, 2.45) is 23.0 Å². The molecule has 2 atom stereocenters. The van der Waals surface area contributed by atoms with Gasteiger partial charge in [0.05, 0.1) is 0 Å². The molecular formula is C17H34N2. The van der Waals surface area contributed by atoms with Crippen LogP contribution >= 0.6 is 0 Å². The summed E-state index contributed by atoms with van der Waals surface area (Å²) >= 11 is 0. The average molecular weight is 266 g/mol. The van der Waals surface area contributed by atoms with E-state index in [0.29, 0.717) is 5.41 Å². The molecule has 0 spiro atoms. The number of likely N-dealkylation sites (tertiary alicyclic amines) is 1. The molecule has 1 aliphatic heterocycles. The van der Waals surface area contributed by atoms with Gasteiger partial charge in [0, 0.05) is 18.6 Å². The topological polar surface area (TPSA) is 29.3 Å². The third kappa shape index (κ3) is 3.72. The van der Waals surface area contributed by atoms with Crippen molar-refractivity contribution < 1.29 is 0 Å². The minimum atomic E-state index is 0.498. The molecule has 0 aromatic carbocycles. The molecule has 2 heteroatoms. The molecule has 1 heterocycles. The molecule has 0 aromatic heterocycles. The third-order valence-corrected chi connectivity index (χ3v) is 5.75. The van der Waals surface area contributed by atoms with Gasteiger partial charge in [0.1, 0.15) is 0 Å². The van der Waals surface area contributed by atoms with Crippen LogP contribution in [0.15, 0.2) is 0 Å². The lowest BCUT2D eigenvalue weighted by molar-refractivity contribution is 0.0333. The molecule has 2 fully saturated rings. The number of hydrogen-bond donors (Lipinski definition) is 1. The van der Waals surface area contributed by atoms with Crippen molar-refractivity contribution in [3.8, 4) is 0 Å². The van der Waals surface area contributed by atoms with Gasteiger partial charge in [-0.25, -0.2) is 0 Å². The first-order chi connectivity index (χ1) is 8.91. The highest BCUT2D eigenvalue weighted by atomic mass is 15.2. The predicted octanol–water partition coefficient (Wildman–Crippen LogP) is 3.65. The lowest BCUT2D eigenvalue weighted by Crippen LogP contribution is -2.50. The number of rotatable bonds is 2. The smallest absolute Gasteiger partial charge is 0.00984 e. The van der Waals surface area contributed by atoms with Crippen molar-refractivity contribution in [2.75, 3.05) is 13.1 Å². The number of hydrogen-bond acceptors (Lipinski definition) is 2. The monoisotopic (exact) mass is 266 g/mol. The van der Waals surface area contributed by atoms with Gasteiger partial charge in [-0.15, -0.1) is 0 Å². The molecule has 0 radical (unpaired) electrons. The van der Waals surface area contributed by atoms with E-state index in [4.69, 9.17) is 5.73 Å². The zero-order valence-electron chi connectivity index (χ0n) is 13.5. The van der Waals surface area contributed by atoms with Crippen molar-refractivity contribution in [3.63, 3.8) is 0 Å². The fraction of sp³-hybridized carbons (Fsp3) is 1.00. The first-order valence-corrected chi connectivity index (χ1v) is 8.37. The number of nitrogens with zero attached hydrogens (tertiary/aromatic N) is 1. The molecule has 0 aromatic rings. The summed E-state index contributed by atoms with van der Waals surface area (Å²) < 4.78 is 0. The summed E-state index contributed by atoms with van der Waals surface area (Å²) in [7, 11) is 0. The third-order valence-electron chi connectivity index (χ3n) is 5.75. The van der Waals surface area contributed by atoms with Crippen molar-refractivity contribution in [3.05, 3.63) is 0 Å². The molecule has 0 bridgehead atoms. The van der Waals surface area contributed by atoms with Crippen LogP contribution in [-0.2, 0) is 0 Å². The Kier molecular flexibility index (Phi) is 4.94. The fourth-order valence-corrected chi connectivity index (χ4v) is 4.19. The Bertz CT molecular complexity index is 273. The SMILES string of the molecule is CC1CCC(CN)CN1C1CCC(C(C)(C)C)CC1. The lowest BCUT2D eigenvalue weighted by Gasteiger charge is -2.46. The van der Waals surface area contributed by atoms with E-state index in [1.165, 1.54) is 45.1 Å². The van der Waals surface area contributed by atoms with E-state index in [9.17, 15) is 0 Å². The maximum absolute atomic E-state index is 5.89. The zero-order chi connectivity index (χ0) is 14.0. The summed E-state index contributed by atoms with van der Waals surface area (Å²) in [6.45, 7) is 11.8. The molecule has 2 unspecified atom stereocenters. The molecular weight excluding hydrogens is 232 g/mol. The molecule has 1 saturated carbocycles. The van der Waals surface area contributed by atoms with Crippen LogP contribution in [0.3, 0.4) is 0 Å². The van der Waals surface area contributed by atoms with E-state index in [-0.39, 0.29) is 0 Å². The fourth-order valence-electron chi connectivity index (χ4n) is 4.19. The predicted molar refractivity (Wildman–Crippen MR) is 83.1 cm³/mol. The Hall–Kier alpha value is -0.0800. The molecule has 0 amide bonds. The Morgan fingerprint density at radius 2 is 1.63 bits per heavy atom. The minimum Gasteiger partial charge on any atom is -0.330 e. The van der Waals surface area contributed by atoms with Crippen molar-refractivity contribution in [1.29, 1.82) is 0 Å². The van der Waals surface area contributed by atoms with Crippen molar-refractivity contribution in [2.45, 2.75) is 78.3 Å². The average Bonchev–Trinajstić information content (AvgIpc) is 2.38. The van der Waals surface area contributed by atoms with E-state index < -0.39 is 0 Å². The largest absolute Gasteiger partial charge is 0.330 e. The summed E-state index contributed by atoms with van der Waals surface area (Å²) in [5.74, 6) is 1.67. The van der Waals surface area contributed by atoms with E-state index in [1.807, 2.05) is 0 Å². The normalized spacial score (nSPS) is 38.4. The van der Waals surface area contributed by atoms with Crippen LogP contribution in [0, 0.1) is 17.3 Å². The van der Waals surface area contributed by atoms with Gasteiger partial charge in [-0.05, 0) is 69.2 Å². The first kappa shape index (κ1) is 15.3. The van der Waals surface area contributed by atoms with Gasteiger partial charge in [-0.2, -0.15) is 0 Å². The maximum Gasteiger partial charge on any atom is 0.00984 e.